The molecular weight excluding hydrogens is 235 g/mol. The Morgan fingerprint density at radius 3 is 1.60 bits per heavy atom. The third-order valence-electron chi connectivity index (χ3n) is 1.29. The van der Waals surface area contributed by atoms with E-state index in [2.05, 4.69) is 4.40 Å². The molecular formula is C6H12F3N3O2S. The van der Waals surface area contributed by atoms with Gasteiger partial charge in [0.25, 0.3) is 0 Å². The zero-order chi connectivity index (χ0) is 12.4. The molecule has 0 unspecified atom stereocenters. The first-order chi connectivity index (χ1) is 6.49. The molecule has 0 atom stereocenters. The summed E-state index contributed by atoms with van der Waals surface area (Å²) in [5.74, 6) is -0.299. The van der Waals surface area contributed by atoms with Gasteiger partial charge in [0.15, 0.2) is 0 Å². The Morgan fingerprint density at radius 2 is 1.40 bits per heavy atom. The summed E-state index contributed by atoms with van der Waals surface area (Å²) in [4.78, 5) is 2.34. The van der Waals surface area contributed by atoms with Crippen LogP contribution >= 0.6 is 0 Å². The molecule has 0 saturated carbocycles. The van der Waals surface area contributed by atoms with Crippen molar-refractivity contribution in [1.29, 1.82) is 0 Å². The molecule has 0 aliphatic rings. The predicted octanol–water partition coefficient (Wildman–Crippen LogP) is 0.315. The topological polar surface area (TPSA) is 53.0 Å². The summed E-state index contributed by atoms with van der Waals surface area (Å²) in [5.41, 5.74) is -5.37. The summed E-state index contributed by atoms with van der Waals surface area (Å²) >= 11 is 0. The molecule has 0 rings (SSSR count). The smallest absolute Gasteiger partial charge is 0.348 e. The van der Waals surface area contributed by atoms with E-state index < -0.39 is 15.5 Å². The summed E-state index contributed by atoms with van der Waals surface area (Å²) < 4.78 is 60.1. The highest BCUT2D eigenvalue weighted by atomic mass is 32.2. The van der Waals surface area contributed by atoms with Crippen molar-refractivity contribution in [2.75, 3.05) is 28.2 Å². The Kier molecular flexibility index (Phi) is 3.97. The molecule has 0 aromatic carbocycles. The normalized spacial score (nSPS) is 12.2. The van der Waals surface area contributed by atoms with Crippen LogP contribution in [-0.4, -0.2) is 57.9 Å². The van der Waals surface area contributed by atoms with E-state index in [0.717, 1.165) is 0 Å². The third kappa shape index (κ3) is 3.57. The quantitative estimate of drug-likeness (QED) is 0.494. The minimum Gasteiger partial charge on any atom is -0.348 e. The van der Waals surface area contributed by atoms with Crippen molar-refractivity contribution in [3.63, 3.8) is 0 Å². The number of hydrogen-bond acceptors (Lipinski definition) is 2. The average molecular weight is 247 g/mol. The lowest BCUT2D eigenvalue weighted by molar-refractivity contribution is -0.0435. The van der Waals surface area contributed by atoms with Gasteiger partial charge in [0, 0.05) is 28.2 Å². The molecule has 0 aliphatic carbocycles. The number of rotatable bonds is 1. The predicted molar refractivity (Wildman–Crippen MR) is 49.8 cm³/mol. The summed E-state index contributed by atoms with van der Waals surface area (Å²) in [7, 11) is 0.0920. The lowest BCUT2D eigenvalue weighted by Gasteiger charge is -2.22. The first-order valence-electron chi connectivity index (χ1n) is 3.75. The van der Waals surface area contributed by atoms with Gasteiger partial charge in [-0.2, -0.15) is 21.6 Å². The van der Waals surface area contributed by atoms with Gasteiger partial charge in [-0.15, -0.1) is 4.40 Å². The first-order valence-corrected chi connectivity index (χ1v) is 5.19. The van der Waals surface area contributed by atoms with Gasteiger partial charge in [-0.25, -0.2) is 0 Å². The maximum absolute atomic E-state index is 12.0. The number of sulfonamides is 1. The van der Waals surface area contributed by atoms with E-state index >= 15 is 0 Å². The summed E-state index contributed by atoms with van der Waals surface area (Å²) in [6.07, 6.45) is 0. The van der Waals surface area contributed by atoms with Crippen LogP contribution in [0.25, 0.3) is 0 Å². The van der Waals surface area contributed by atoms with Crippen molar-refractivity contribution < 1.29 is 21.6 Å². The number of alkyl halides is 3. The van der Waals surface area contributed by atoms with Gasteiger partial charge in [-0.05, 0) is 0 Å². The van der Waals surface area contributed by atoms with Crippen molar-refractivity contribution in [2.24, 2.45) is 4.40 Å². The fraction of sp³-hybridized carbons (Fsp3) is 0.833. The maximum atomic E-state index is 12.0. The van der Waals surface area contributed by atoms with Crippen molar-refractivity contribution >= 4 is 16.0 Å². The van der Waals surface area contributed by atoms with E-state index in [4.69, 9.17) is 0 Å². The van der Waals surface area contributed by atoms with Crippen LogP contribution in [0, 0.1) is 0 Å². The molecule has 0 aromatic rings. The molecule has 5 nitrogen and oxygen atoms in total. The summed E-state index contributed by atoms with van der Waals surface area (Å²) in [5, 5.41) is 0. The number of halogens is 3. The zero-order valence-corrected chi connectivity index (χ0v) is 9.52. The lowest BCUT2D eigenvalue weighted by Crippen LogP contribution is -2.37. The molecule has 0 bridgehead atoms. The van der Waals surface area contributed by atoms with Crippen LogP contribution in [-0.2, 0) is 10.0 Å². The van der Waals surface area contributed by atoms with Gasteiger partial charge in [0.1, 0.15) is 0 Å². The van der Waals surface area contributed by atoms with Gasteiger partial charge in [-0.3, -0.25) is 0 Å². The van der Waals surface area contributed by atoms with Crippen molar-refractivity contribution in [3.05, 3.63) is 0 Å². The largest absolute Gasteiger partial charge is 0.518 e. The van der Waals surface area contributed by atoms with Crippen LogP contribution in [0.3, 0.4) is 0 Å². The highest BCUT2D eigenvalue weighted by Gasteiger charge is 2.46. The molecule has 0 N–H and O–H groups in total. The van der Waals surface area contributed by atoms with E-state index in [0.29, 0.717) is 0 Å². The van der Waals surface area contributed by atoms with E-state index in [1.165, 1.54) is 38.0 Å². The molecule has 0 aromatic heterocycles. The van der Waals surface area contributed by atoms with Crippen LogP contribution in [0.2, 0.25) is 0 Å². The van der Waals surface area contributed by atoms with Gasteiger partial charge < -0.3 is 9.80 Å². The second-order valence-electron chi connectivity index (χ2n) is 3.10. The minimum absolute atomic E-state index is 0.299. The van der Waals surface area contributed by atoms with E-state index in [1.807, 2.05) is 0 Å². The van der Waals surface area contributed by atoms with Crippen LogP contribution in [0.15, 0.2) is 4.40 Å². The standard InChI is InChI=1S/C6H12F3N3O2S/c1-11(2)5(12(3)4)10-15(13,14)6(7,8)9/h1-4H3. The molecule has 90 valence electrons. The second-order valence-corrected chi connectivity index (χ2v) is 4.70. The first kappa shape index (κ1) is 14.0. The van der Waals surface area contributed by atoms with Crippen LogP contribution in [0.4, 0.5) is 13.2 Å². The molecule has 0 saturated heterocycles. The minimum atomic E-state index is -5.48. The van der Waals surface area contributed by atoms with Crippen molar-refractivity contribution in [2.45, 2.75) is 5.51 Å². The molecule has 15 heavy (non-hydrogen) atoms. The third-order valence-corrected chi connectivity index (χ3v) is 2.28. The SMILES string of the molecule is CN(C)C(=NS(=O)(=O)C(F)(F)F)N(C)C. The average Bonchev–Trinajstić information content (AvgIpc) is 1.96. The molecule has 0 spiro atoms. The Hall–Kier alpha value is -0.990. The number of nitrogens with zero attached hydrogens (tertiary/aromatic N) is 3. The highest BCUT2D eigenvalue weighted by molar-refractivity contribution is 7.91. The molecule has 0 amide bonds. The van der Waals surface area contributed by atoms with Gasteiger partial charge in [0.2, 0.25) is 5.96 Å². The Labute approximate surface area is 86.2 Å². The monoisotopic (exact) mass is 247 g/mol. The lowest BCUT2D eigenvalue weighted by atomic mass is 10.7. The molecule has 0 aliphatic heterocycles. The molecule has 9 heteroatoms. The van der Waals surface area contributed by atoms with E-state index in [1.54, 1.807) is 0 Å². The van der Waals surface area contributed by atoms with Crippen LogP contribution in [0.5, 0.6) is 0 Å². The van der Waals surface area contributed by atoms with Crippen LogP contribution < -0.4 is 0 Å². The van der Waals surface area contributed by atoms with Crippen molar-refractivity contribution in [3.8, 4) is 0 Å². The molecule has 0 fully saturated rings. The molecule has 0 radical (unpaired) electrons. The summed E-state index contributed by atoms with van der Waals surface area (Å²) in [6, 6.07) is 0. The van der Waals surface area contributed by atoms with Crippen LogP contribution in [0.1, 0.15) is 0 Å². The fourth-order valence-electron chi connectivity index (χ4n) is 0.723. The highest BCUT2D eigenvalue weighted by Crippen LogP contribution is 2.24. The Bertz CT molecular complexity index is 335. The van der Waals surface area contributed by atoms with E-state index in [9.17, 15) is 21.6 Å². The fourth-order valence-corrected chi connectivity index (χ4v) is 1.37. The number of hydrogen-bond donors (Lipinski definition) is 0. The second kappa shape index (κ2) is 4.25. The summed E-state index contributed by atoms with van der Waals surface area (Å²) in [6.45, 7) is 0. The van der Waals surface area contributed by atoms with Gasteiger partial charge >= 0.3 is 15.5 Å². The zero-order valence-electron chi connectivity index (χ0n) is 8.70. The van der Waals surface area contributed by atoms with Crippen molar-refractivity contribution in [1.82, 2.24) is 9.80 Å². The maximum Gasteiger partial charge on any atom is 0.518 e. The Balaban J connectivity index is 5.36. The van der Waals surface area contributed by atoms with Gasteiger partial charge in [-0.1, -0.05) is 0 Å². The molecule has 0 heterocycles. The number of guanidine groups is 1. The Morgan fingerprint density at radius 1 is 1.07 bits per heavy atom. The van der Waals surface area contributed by atoms with Gasteiger partial charge in [0.05, 0.1) is 0 Å². The van der Waals surface area contributed by atoms with E-state index in [-0.39, 0.29) is 5.96 Å².